The van der Waals surface area contributed by atoms with Crippen molar-refractivity contribution in [3.8, 4) is 11.5 Å². The van der Waals surface area contributed by atoms with Gasteiger partial charge in [0.05, 0.1) is 30.6 Å². The number of hydrogen-bond acceptors (Lipinski definition) is 7. The molecule has 2 aliphatic rings. The fraction of sp³-hybridized carbons (Fsp3) is 0.429. The summed E-state index contributed by atoms with van der Waals surface area (Å²) in [5.41, 5.74) is -1.07. The quantitative estimate of drug-likeness (QED) is 0.620. The van der Waals surface area contributed by atoms with E-state index < -0.39 is 25.8 Å². The highest BCUT2D eigenvalue weighted by molar-refractivity contribution is 7.89. The van der Waals surface area contributed by atoms with Crippen molar-refractivity contribution in [2.24, 2.45) is 0 Å². The third-order valence-corrected chi connectivity index (χ3v) is 9.77. The van der Waals surface area contributed by atoms with Gasteiger partial charge in [0, 0.05) is 44.6 Å². The number of sulfonamides is 2. The molecule has 0 bridgehead atoms. The van der Waals surface area contributed by atoms with E-state index in [-0.39, 0.29) is 48.9 Å². The third-order valence-electron chi connectivity index (χ3n) is 5.93. The van der Waals surface area contributed by atoms with Crippen molar-refractivity contribution in [1.82, 2.24) is 8.61 Å². The zero-order valence-electron chi connectivity index (χ0n) is 17.9. The second-order valence-corrected chi connectivity index (χ2v) is 11.4. The van der Waals surface area contributed by atoms with Crippen LogP contribution < -0.4 is 9.47 Å². The Bertz CT molecular complexity index is 1190. The van der Waals surface area contributed by atoms with E-state index in [1.807, 2.05) is 0 Å². The van der Waals surface area contributed by atoms with Crippen molar-refractivity contribution in [1.29, 1.82) is 0 Å². The lowest BCUT2D eigenvalue weighted by Crippen LogP contribution is -2.55. The number of rotatable bonds is 6. The number of benzene rings is 2. The molecule has 2 fully saturated rings. The maximum atomic E-state index is 13.4. The lowest BCUT2D eigenvalue weighted by molar-refractivity contribution is -0.0806. The average Bonchev–Trinajstić information content (AvgIpc) is 3.23. The summed E-state index contributed by atoms with van der Waals surface area (Å²) in [5, 5.41) is 0. The van der Waals surface area contributed by atoms with Gasteiger partial charge in [-0.1, -0.05) is 12.1 Å². The van der Waals surface area contributed by atoms with Crippen molar-refractivity contribution in [3.63, 3.8) is 0 Å². The van der Waals surface area contributed by atoms with Crippen molar-refractivity contribution in [2.45, 2.75) is 28.4 Å². The molecule has 0 saturated carbocycles. The van der Waals surface area contributed by atoms with Crippen LogP contribution in [0.5, 0.6) is 11.5 Å². The van der Waals surface area contributed by atoms with Crippen LogP contribution in [0.4, 0.5) is 0 Å². The average molecular weight is 483 g/mol. The van der Waals surface area contributed by atoms with Crippen LogP contribution in [0.25, 0.3) is 0 Å². The molecule has 0 N–H and O–H groups in total. The van der Waals surface area contributed by atoms with E-state index in [4.69, 9.17) is 14.2 Å². The molecule has 0 amide bonds. The van der Waals surface area contributed by atoms with E-state index in [9.17, 15) is 16.8 Å². The molecule has 32 heavy (non-hydrogen) atoms. The monoisotopic (exact) mass is 482 g/mol. The minimum Gasteiger partial charge on any atom is -0.497 e. The highest BCUT2D eigenvalue weighted by Crippen LogP contribution is 2.39. The minimum atomic E-state index is -3.85. The summed E-state index contributed by atoms with van der Waals surface area (Å²) in [5.74, 6) is 0.897. The van der Waals surface area contributed by atoms with E-state index >= 15 is 0 Å². The van der Waals surface area contributed by atoms with Crippen molar-refractivity contribution in [2.75, 3.05) is 40.5 Å². The topological polar surface area (TPSA) is 102 Å². The van der Waals surface area contributed by atoms with Gasteiger partial charge in [0.1, 0.15) is 17.2 Å². The summed E-state index contributed by atoms with van der Waals surface area (Å²) in [6, 6.07) is 12.6. The first kappa shape index (κ1) is 23.0. The highest BCUT2D eigenvalue weighted by Gasteiger charge is 2.51. The molecule has 0 radical (unpaired) electrons. The zero-order chi connectivity index (χ0) is 23.0. The second-order valence-electron chi connectivity index (χ2n) is 7.63. The van der Waals surface area contributed by atoms with E-state index in [2.05, 4.69) is 0 Å². The molecule has 11 heteroatoms. The second kappa shape index (κ2) is 8.64. The van der Waals surface area contributed by atoms with Gasteiger partial charge < -0.3 is 14.2 Å². The van der Waals surface area contributed by atoms with E-state index in [1.165, 1.54) is 47.1 Å². The summed E-state index contributed by atoms with van der Waals surface area (Å²) in [6.07, 6.45) is 0.471. The van der Waals surface area contributed by atoms with Crippen LogP contribution in [-0.2, 0) is 24.8 Å². The van der Waals surface area contributed by atoms with Gasteiger partial charge in [0.2, 0.25) is 20.0 Å². The lowest BCUT2D eigenvalue weighted by atomic mass is 10.0. The van der Waals surface area contributed by atoms with Crippen LogP contribution in [0.2, 0.25) is 0 Å². The van der Waals surface area contributed by atoms with Crippen LogP contribution in [0.1, 0.15) is 12.8 Å². The Morgan fingerprint density at radius 3 is 1.88 bits per heavy atom. The molecular weight excluding hydrogens is 456 g/mol. The first-order chi connectivity index (χ1) is 15.2. The van der Waals surface area contributed by atoms with Gasteiger partial charge in [-0.3, -0.25) is 0 Å². The first-order valence-corrected chi connectivity index (χ1v) is 13.1. The molecule has 2 aromatic carbocycles. The Morgan fingerprint density at radius 2 is 1.34 bits per heavy atom. The minimum absolute atomic E-state index is 0.119. The number of piperidine rings is 1. The molecule has 2 aromatic rings. The van der Waals surface area contributed by atoms with Crippen LogP contribution in [0.15, 0.2) is 58.3 Å². The summed E-state index contributed by atoms with van der Waals surface area (Å²) in [7, 11) is -4.64. The fourth-order valence-electron chi connectivity index (χ4n) is 4.20. The summed E-state index contributed by atoms with van der Waals surface area (Å²) in [6.45, 7) is 0.751. The summed E-state index contributed by atoms with van der Waals surface area (Å²) < 4.78 is 72.0. The first-order valence-electron chi connectivity index (χ1n) is 10.2. The maximum Gasteiger partial charge on any atom is 0.245 e. The van der Waals surface area contributed by atoms with Gasteiger partial charge in [-0.15, -0.1) is 0 Å². The van der Waals surface area contributed by atoms with Crippen LogP contribution in [0.3, 0.4) is 0 Å². The Morgan fingerprint density at radius 1 is 0.812 bits per heavy atom. The van der Waals surface area contributed by atoms with E-state index in [1.54, 1.807) is 24.3 Å². The van der Waals surface area contributed by atoms with Gasteiger partial charge in [-0.2, -0.15) is 8.61 Å². The standard InChI is InChI=1S/C21H26N2O7S2/c1-28-17-5-3-7-19(15-17)31(24,25)22-11-9-21(10-12-22)23(13-14-30-21)32(26,27)20-8-4-6-18(16-20)29-2/h3-8,15-16H,9-14H2,1-2H3. The Kier molecular flexibility index (Phi) is 6.21. The van der Waals surface area contributed by atoms with Crippen molar-refractivity contribution in [3.05, 3.63) is 48.5 Å². The summed E-state index contributed by atoms with van der Waals surface area (Å²) in [4.78, 5) is 0.258. The summed E-state index contributed by atoms with van der Waals surface area (Å²) >= 11 is 0. The molecule has 0 unspecified atom stereocenters. The van der Waals surface area contributed by atoms with Crippen LogP contribution >= 0.6 is 0 Å². The molecule has 2 aliphatic heterocycles. The lowest BCUT2D eigenvalue weighted by Gasteiger charge is -2.42. The van der Waals surface area contributed by atoms with Gasteiger partial charge in [-0.05, 0) is 24.3 Å². The SMILES string of the molecule is COc1cccc(S(=O)(=O)N2CCC3(CC2)OCCN3S(=O)(=O)c2cccc(OC)c2)c1. The smallest absolute Gasteiger partial charge is 0.245 e. The third kappa shape index (κ3) is 3.99. The highest BCUT2D eigenvalue weighted by atomic mass is 32.2. The van der Waals surface area contributed by atoms with Crippen molar-refractivity contribution < 1.29 is 31.0 Å². The maximum absolute atomic E-state index is 13.4. The molecule has 9 nitrogen and oxygen atoms in total. The Hall–Kier alpha value is -2.18. The van der Waals surface area contributed by atoms with Crippen LogP contribution in [-0.4, -0.2) is 71.6 Å². The molecular formula is C21H26N2O7S2. The van der Waals surface area contributed by atoms with Crippen LogP contribution in [0, 0.1) is 0 Å². The number of ether oxygens (including phenoxy) is 3. The zero-order valence-corrected chi connectivity index (χ0v) is 19.6. The largest absolute Gasteiger partial charge is 0.497 e. The molecule has 2 heterocycles. The fourth-order valence-corrected chi connectivity index (χ4v) is 7.44. The molecule has 2 saturated heterocycles. The Balaban J connectivity index is 1.56. The van der Waals surface area contributed by atoms with Gasteiger partial charge in [-0.25, -0.2) is 16.8 Å². The normalized spacial score (nSPS) is 19.8. The molecule has 174 valence electrons. The number of hydrogen-bond donors (Lipinski definition) is 0. The van der Waals surface area contributed by atoms with Gasteiger partial charge in [0.25, 0.3) is 0 Å². The molecule has 4 rings (SSSR count). The Labute approximate surface area is 188 Å². The van der Waals surface area contributed by atoms with Gasteiger partial charge >= 0.3 is 0 Å². The molecule has 0 aliphatic carbocycles. The van der Waals surface area contributed by atoms with E-state index in [0.29, 0.717) is 11.5 Å². The van der Waals surface area contributed by atoms with E-state index in [0.717, 1.165) is 0 Å². The predicted molar refractivity (Wildman–Crippen MR) is 117 cm³/mol. The molecule has 0 atom stereocenters. The van der Waals surface area contributed by atoms with Gasteiger partial charge in [0.15, 0.2) is 0 Å². The number of nitrogens with zero attached hydrogens (tertiary/aromatic N) is 2. The molecule has 0 aromatic heterocycles. The van der Waals surface area contributed by atoms with Crippen molar-refractivity contribution >= 4 is 20.0 Å². The number of methoxy groups -OCH3 is 2. The molecule has 1 spiro atoms. The predicted octanol–water partition coefficient (Wildman–Crippen LogP) is 1.91.